The molecular formula is C10H19N3O. The number of hydrogen-bond acceptors (Lipinski definition) is 3. The van der Waals surface area contributed by atoms with Crippen LogP contribution in [0.5, 0.6) is 0 Å². The van der Waals surface area contributed by atoms with Crippen molar-refractivity contribution < 1.29 is 4.79 Å². The van der Waals surface area contributed by atoms with Crippen molar-refractivity contribution in [3.05, 3.63) is 0 Å². The number of amides is 1. The van der Waals surface area contributed by atoms with Gasteiger partial charge in [0.05, 0.1) is 5.54 Å². The van der Waals surface area contributed by atoms with Crippen molar-refractivity contribution in [1.29, 1.82) is 0 Å². The molecule has 0 aromatic rings. The van der Waals surface area contributed by atoms with Gasteiger partial charge < -0.3 is 16.0 Å². The first-order valence-electron chi connectivity index (χ1n) is 5.38. The second-order valence-electron chi connectivity index (χ2n) is 4.71. The third-order valence-corrected chi connectivity index (χ3v) is 3.29. The first-order valence-corrected chi connectivity index (χ1v) is 5.38. The van der Waals surface area contributed by atoms with E-state index < -0.39 is 5.54 Å². The van der Waals surface area contributed by atoms with Gasteiger partial charge in [-0.05, 0) is 45.8 Å². The highest BCUT2D eigenvalue weighted by Crippen LogP contribution is 2.32. The molecule has 2 fully saturated rings. The SMILES string of the molecule is CN1CCC(NC(=O)C2(N)CC2)CC1. The van der Waals surface area contributed by atoms with E-state index in [2.05, 4.69) is 17.3 Å². The molecule has 4 nitrogen and oxygen atoms in total. The lowest BCUT2D eigenvalue weighted by atomic mass is 10.0. The van der Waals surface area contributed by atoms with E-state index >= 15 is 0 Å². The van der Waals surface area contributed by atoms with Gasteiger partial charge in [0.2, 0.25) is 5.91 Å². The molecule has 0 radical (unpaired) electrons. The number of carbonyl (C=O) groups is 1. The van der Waals surface area contributed by atoms with E-state index in [-0.39, 0.29) is 5.91 Å². The highest BCUT2D eigenvalue weighted by molar-refractivity contribution is 5.89. The summed E-state index contributed by atoms with van der Waals surface area (Å²) in [5.41, 5.74) is 5.30. The highest BCUT2D eigenvalue weighted by Gasteiger charge is 2.46. The Bertz CT molecular complexity index is 230. The minimum absolute atomic E-state index is 0.0621. The van der Waals surface area contributed by atoms with Gasteiger partial charge in [-0.25, -0.2) is 0 Å². The summed E-state index contributed by atoms with van der Waals surface area (Å²) in [7, 11) is 2.11. The molecule has 4 heteroatoms. The van der Waals surface area contributed by atoms with Crippen LogP contribution in [0.2, 0.25) is 0 Å². The molecule has 2 rings (SSSR count). The summed E-state index contributed by atoms with van der Waals surface area (Å²) in [6.07, 6.45) is 3.81. The molecule has 0 atom stereocenters. The van der Waals surface area contributed by atoms with Crippen molar-refractivity contribution in [2.75, 3.05) is 20.1 Å². The maximum Gasteiger partial charge on any atom is 0.240 e. The van der Waals surface area contributed by atoms with Crippen LogP contribution in [0.4, 0.5) is 0 Å². The van der Waals surface area contributed by atoms with E-state index in [0.29, 0.717) is 6.04 Å². The van der Waals surface area contributed by atoms with Gasteiger partial charge in [-0.1, -0.05) is 0 Å². The third-order valence-electron chi connectivity index (χ3n) is 3.29. The van der Waals surface area contributed by atoms with Crippen molar-refractivity contribution in [1.82, 2.24) is 10.2 Å². The van der Waals surface area contributed by atoms with E-state index in [9.17, 15) is 4.79 Å². The van der Waals surface area contributed by atoms with E-state index in [4.69, 9.17) is 5.73 Å². The maximum atomic E-state index is 11.6. The van der Waals surface area contributed by atoms with E-state index in [1.165, 1.54) is 0 Å². The molecule has 1 amide bonds. The normalized spacial score (nSPS) is 27.3. The number of rotatable bonds is 2. The number of likely N-dealkylation sites (tertiary alicyclic amines) is 1. The molecule has 1 heterocycles. The third kappa shape index (κ3) is 2.07. The number of nitrogens with zero attached hydrogens (tertiary/aromatic N) is 1. The van der Waals surface area contributed by atoms with Crippen molar-refractivity contribution in [3.63, 3.8) is 0 Å². The molecule has 1 aliphatic heterocycles. The maximum absolute atomic E-state index is 11.6. The number of piperidine rings is 1. The first kappa shape index (κ1) is 9.93. The predicted octanol–water partition coefficient (Wildman–Crippen LogP) is -0.312. The standard InChI is InChI=1S/C10H19N3O/c1-13-6-2-8(3-7-13)12-9(14)10(11)4-5-10/h8H,2-7,11H2,1H3,(H,12,14). The summed E-state index contributed by atoms with van der Waals surface area (Å²) in [5, 5.41) is 3.05. The molecule has 1 saturated carbocycles. The zero-order chi connectivity index (χ0) is 10.2. The Morgan fingerprint density at radius 1 is 1.43 bits per heavy atom. The molecule has 0 unspecified atom stereocenters. The molecule has 0 bridgehead atoms. The van der Waals surface area contributed by atoms with Gasteiger partial charge in [-0.2, -0.15) is 0 Å². The number of carbonyl (C=O) groups excluding carboxylic acids is 1. The Kier molecular flexibility index (Phi) is 2.49. The largest absolute Gasteiger partial charge is 0.352 e. The summed E-state index contributed by atoms with van der Waals surface area (Å²) in [4.78, 5) is 13.9. The molecule has 0 aromatic heterocycles. The fourth-order valence-electron chi connectivity index (χ4n) is 1.84. The summed E-state index contributed by atoms with van der Waals surface area (Å²) >= 11 is 0. The number of nitrogens with one attached hydrogen (secondary N) is 1. The predicted molar refractivity (Wildman–Crippen MR) is 54.8 cm³/mol. The smallest absolute Gasteiger partial charge is 0.240 e. The summed E-state index contributed by atoms with van der Waals surface area (Å²) in [5.74, 6) is 0.0621. The Morgan fingerprint density at radius 2 is 2.00 bits per heavy atom. The van der Waals surface area contributed by atoms with Gasteiger partial charge in [0.1, 0.15) is 0 Å². The van der Waals surface area contributed by atoms with Crippen molar-refractivity contribution >= 4 is 5.91 Å². The second kappa shape index (κ2) is 3.51. The van der Waals surface area contributed by atoms with Gasteiger partial charge in [-0.15, -0.1) is 0 Å². The van der Waals surface area contributed by atoms with Gasteiger partial charge in [0, 0.05) is 6.04 Å². The molecule has 3 N–H and O–H groups in total. The Hall–Kier alpha value is -0.610. The van der Waals surface area contributed by atoms with Gasteiger partial charge in [-0.3, -0.25) is 4.79 Å². The van der Waals surface area contributed by atoms with E-state index in [0.717, 1.165) is 38.8 Å². The fraction of sp³-hybridized carbons (Fsp3) is 0.900. The van der Waals surface area contributed by atoms with Crippen LogP contribution in [0.1, 0.15) is 25.7 Å². The van der Waals surface area contributed by atoms with Crippen LogP contribution in [0.3, 0.4) is 0 Å². The van der Waals surface area contributed by atoms with Crippen molar-refractivity contribution in [2.24, 2.45) is 5.73 Å². The lowest BCUT2D eigenvalue weighted by Crippen LogP contribution is -2.50. The van der Waals surface area contributed by atoms with Crippen LogP contribution in [-0.4, -0.2) is 42.5 Å². The van der Waals surface area contributed by atoms with Gasteiger partial charge >= 0.3 is 0 Å². The average molecular weight is 197 g/mol. The summed E-state index contributed by atoms with van der Waals surface area (Å²) in [6.45, 7) is 2.14. The zero-order valence-corrected chi connectivity index (χ0v) is 8.75. The zero-order valence-electron chi connectivity index (χ0n) is 8.75. The van der Waals surface area contributed by atoms with Crippen LogP contribution in [0.25, 0.3) is 0 Å². The Balaban J connectivity index is 1.78. The topological polar surface area (TPSA) is 58.4 Å². The number of nitrogens with two attached hydrogens (primary N) is 1. The Morgan fingerprint density at radius 3 is 2.50 bits per heavy atom. The minimum atomic E-state index is -0.511. The average Bonchev–Trinajstić information content (AvgIpc) is 2.89. The summed E-state index contributed by atoms with van der Waals surface area (Å²) in [6, 6.07) is 0.347. The molecular weight excluding hydrogens is 178 g/mol. The van der Waals surface area contributed by atoms with Crippen molar-refractivity contribution in [3.8, 4) is 0 Å². The second-order valence-corrected chi connectivity index (χ2v) is 4.71. The van der Waals surface area contributed by atoms with Crippen LogP contribution < -0.4 is 11.1 Å². The van der Waals surface area contributed by atoms with E-state index in [1.807, 2.05) is 0 Å². The molecule has 0 spiro atoms. The van der Waals surface area contributed by atoms with Crippen LogP contribution in [0, 0.1) is 0 Å². The van der Waals surface area contributed by atoms with E-state index in [1.54, 1.807) is 0 Å². The first-order chi connectivity index (χ1) is 6.60. The Labute approximate surface area is 84.8 Å². The van der Waals surface area contributed by atoms with Gasteiger partial charge in [0.15, 0.2) is 0 Å². The van der Waals surface area contributed by atoms with Gasteiger partial charge in [0.25, 0.3) is 0 Å². The monoisotopic (exact) mass is 197 g/mol. The molecule has 0 aromatic carbocycles. The lowest BCUT2D eigenvalue weighted by Gasteiger charge is -2.30. The quantitative estimate of drug-likeness (QED) is 0.638. The molecule has 80 valence electrons. The van der Waals surface area contributed by atoms with Crippen molar-refractivity contribution in [2.45, 2.75) is 37.3 Å². The molecule has 1 saturated heterocycles. The lowest BCUT2D eigenvalue weighted by molar-refractivity contribution is -0.124. The molecule has 1 aliphatic carbocycles. The molecule has 2 aliphatic rings. The van der Waals surface area contributed by atoms with Crippen LogP contribution in [0.15, 0.2) is 0 Å². The number of hydrogen-bond donors (Lipinski definition) is 2. The highest BCUT2D eigenvalue weighted by atomic mass is 16.2. The summed E-state index contributed by atoms with van der Waals surface area (Å²) < 4.78 is 0. The molecule has 14 heavy (non-hydrogen) atoms. The minimum Gasteiger partial charge on any atom is -0.352 e. The van der Waals surface area contributed by atoms with Crippen LogP contribution >= 0.6 is 0 Å². The fourth-order valence-corrected chi connectivity index (χ4v) is 1.84. The van der Waals surface area contributed by atoms with Crippen LogP contribution in [-0.2, 0) is 4.79 Å².